The minimum atomic E-state index is -0.549. The fourth-order valence-corrected chi connectivity index (χ4v) is 5.75. The number of rotatable bonds is 5. The Morgan fingerprint density at radius 2 is 1.82 bits per heavy atom. The zero-order valence-electron chi connectivity index (χ0n) is 20.9. The molecule has 2 aliphatic heterocycles. The van der Waals surface area contributed by atoms with Gasteiger partial charge in [-0.15, -0.1) is 10.2 Å². The van der Waals surface area contributed by atoms with E-state index in [1.54, 1.807) is 12.1 Å². The van der Waals surface area contributed by atoms with Gasteiger partial charge in [0.25, 0.3) is 5.24 Å². The molecule has 0 N–H and O–H groups in total. The van der Waals surface area contributed by atoms with Crippen LogP contribution in [0, 0.1) is 0 Å². The number of piperazine rings is 1. The number of likely N-dealkylation sites (N-methyl/N-ethyl adjacent to an activating group) is 1. The second-order valence-corrected chi connectivity index (χ2v) is 10.8. The molecule has 0 radical (unpaired) electrons. The first kappa shape index (κ1) is 26.7. The van der Waals surface area contributed by atoms with Gasteiger partial charge in [0.2, 0.25) is 5.16 Å². The first-order valence-electron chi connectivity index (χ1n) is 12.2. The largest absolute Gasteiger partial charge is 0.469 e. The third kappa shape index (κ3) is 5.44. The van der Waals surface area contributed by atoms with Crippen molar-refractivity contribution in [2.75, 3.05) is 40.3 Å². The minimum Gasteiger partial charge on any atom is -0.469 e. The predicted octanol–water partition coefficient (Wildman–Crippen LogP) is 4.88. The number of aromatic nitrogens is 3. The summed E-state index contributed by atoms with van der Waals surface area (Å²) in [5.74, 6) is 0.170. The molecule has 1 aromatic heterocycles. The monoisotopic (exact) mass is 572 g/mol. The van der Waals surface area contributed by atoms with Crippen molar-refractivity contribution in [2.45, 2.75) is 24.0 Å². The van der Waals surface area contributed by atoms with E-state index < -0.39 is 6.04 Å². The molecule has 12 heteroatoms. The van der Waals surface area contributed by atoms with Gasteiger partial charge < -0.3 is 14.5 Å². The summed E-state index contributed by atoms with van der Waals surface area (Å²) in [5, 5.41) is 10.3. The van der Waals surface area contributed by atoms with Gasteiger partial charge in [0.15, 0.2) is 5.82 Å². The molecule has 1 fully saturated rings. The molecule has 0 unspecified atom stereocenters. The average Bonchev–Trinajstić information content (AvgIpc) is 3.26. The number of esters is 1. The second-order valence-electron chi connectivity index (χ2n) is 9.08. The maximum absolute atomic E-state index is 13.2. The summed E-state index contributed by atoms with van der Waals surface area (Å²) in [6.07, 6.45) is 0.463. The Bertz CT molecular complexity index is 1400. The molecule has 9 nitrogen and oxygen atoms in total. The number of fused-ring (bicyclic) bond motifs is 3. The topological polar surface area (TPSA) is 92.9 Å². The molecule has 3 heterocycles. The molecule has 2 aromatic carbocycles. The van der Waals surface area contributed by atoms with Gasteiger partial charge in [-0.25, -0.2) is 0 Å². The number of thioether (sulfide) groups is 1. The van der Waals surface area contributed by atoms with Crippen LogP contribution in [-0.2, 0) is 9.53 Å². The van der Waals surface area contributed by atoms with E-state index in [-0.39, 0.29) is 17.6 Å². The van der Waals surface area contributed by atoms with Gasteiger partial charge in [-0.05, 0) is 37.7 Å². The number of benzene rings is 2. The molecule has 1 amide bonds. The normalized spacial score (nSPS) is 17.3. The van der Waals surface area contributed by atoms with Crippen molar-refractivity contribution in [2.24, 2.45) is 4.99 Å². The van der Waals surface area contributed by atoms with Gasteiger partial charge >= 0.3 is 5.97 Å². The first-order valence-corrected chi connectivity index (χ1v) is 13.7. The van der Waals surface area contributed by atoms with Crippen LogP contribution in [0.5, 0.6) is 0 Å². The maximum Gasteiger partial charge on any atom is 0.305 e. The second kappa shape index (κ2) is 11.4. The fourth-order valence-electron chi connectivity index (χ4n) is 4.52. The summed E-state index contributed by atoms with van der Waals surface area (Å²) in [6, 6.07) is 12.3. The molecular weight excluding hydrogens is 547 g/mol. The van der Waals surface area contributed by atoms with E-state index in [1.807, 2.05) is 46.8 Å². The summed E-state index contributed by atoms with van der Waals surface area (Å²) in [6.45, 7) is 2.93. The van der Waals surface area contributed by atoms with Crippen molar-refractivity contribution in [3.63, 3.8) is 0 Å². The predicted molar refractivity (Wildman–Crippen MR) is 148 cm³/mol. The van der Waals surface area contributed by atoms with Gasteiger partial charge in [0.05, 0.1) is 18.5 Å². The summed E-state index contributed by atoms with van der Waals surface area (Å²) >= 11 is 14.1. The Labute approximate surface area is 234 Å². The standard InChI is InChI=1S/C26H26Cl2N6O3S/c1-32-11-13-33(14-12-32)26(36)38-25-31-30-24-20(8-10-22(35)37-2)29-23(17-5-3-4-6-19(17)28)18-15-16(27)7-9-21(18)34(24)25/h3-7,9,15,20H,8,10-14H2,1-2H3/t20-/m0/s1. The number of carbonyl (C=O) groups excluding carboxylic acids is 2. The average molecular weight is 574 g/mol. The first-order chi connectivity index (χ1) is 18.4. The maximum atomic E-state index is 13.2. The van der Waals surface area contributed by atoms with Crippen LogP contribution in [0.2, 0.25) is 10.0 Å². The smallest absolute Gasteiger partial charge is 0.305 e. The highest BCUT2D eigenvalue weighted by Gasteiger charge is 2.32. The van der Waals surface area contributed by atoms with E-state index in [4.69, 9.17) is 32.9 Å². The van der Waals surface area contributed by atoms with E-state index in [0.717, 1.165) is 41.7 Å². The molecule has 0 aliphatic carbocycles. The summed E-state index contributed by atoms with van der Waals surface area (Å²) in [7, 11) is 3.40. The summed E-state index contributed by atoms with van der Waals surface area (Å²) < 4.78 is 6.72. The van der Waals surface area contributed by atoms with E-state index in [9.17, 15) is 9.59 Å². The molecule has 1 atom stereocenters. The quantitative estimate of drug-likeness (QED) is 0.317. The van der Waals surface area contributed by atoms with Crippen molar-refractivity contribution in [1.29, 1.82) is 0 Å². The minimum absolute atomic E-state index is 0.0913. The van der Waals surface area contributed by atoms with Crippen molar-refractivity contribution in [3.05, 3.63) is 69.5 Å². The molecule has 3 aromatic rings. The van der Waals surface area contributed by atoms with Gasteiger partial charge in [-0.1, -0.05) is 41.4 Å². The van der Waals surface area contributed by atoms with Gasteiger partial charge in [-0.3, -0.25) is 19.1 Å². The third-order valence-corrected chi connectivity index (χ3v) is 8.06. The number of carbonyl (C=O) groups is 2. The van der Waals surface area contributed by atoms with Crippen LogP contribution in [-0.4, -0.2) is 81.8 Å². The highest BCUT2D eigenvalue weighted by atomic mass is 35.5. The molecule has 198 valence electrons. The Morgan fingerprint density at radius 1 is 1.05 bits per heavy atom. The Kier molecular flexibility index (Phi) is 8.04. The number of amides is 1. The number of halogens is 2. The number of ether oxygens (including phenoxy) is 1. The van der Waals surface area contributed by atoms with Gasteiger partial charge in [-0.2, -0.15) is 0 Å². The van der Waals surface area contributed by atoms with Crippen LogP contribution in [0.25, 0.3) is 5.69 Å². The van der Waals surface area contributed by atoms with Crippen LogP contribution >= 0.6 is 35.0 Å². The zero-order valence-corrected chi connectivity index (χ0v) is 23.3. The lowest BCUT2D eigenvalue weighted by Gasteiger charge is -2.31. The Balaban J connectivity index is 1.62. The lowest BCUT2D eigenvalue weighted by Crippen LogP contribution is -2.45. The van der Waals surface area contributed by atoms with Crippen molar-refractivity contribution < 1.29 is 14.3 Å². The van der Waals surface area contributed by atoms with E-state index >= 15 is 0 Å². The molecule has 0 bridgehead atoms. The number of hydrogen-bond acceptors (Lipinski definition) is 8. The number of hydrogen-bond donors (Lipinski definition) is 0. The van der Waals surface area contributed by atoms with E-state index in [0.29, 0.717) is 46.2 Å². The fraction of sp³-hybridized carbons (Fsp3) is 0.346. The molecule has 2 aliphatic rings. The van der Waals surface area contributed by atoms with Gasteiger partial charge in [0.1, 0.15) is 6.04 Å². The molecule has 38 heavy (non-hydrogen) atoms. The summed E-state index contributed by atoms with van der Waals surface area (Å²) in [5.41, 5.74) is 2.79. The van der Waals surface area contributed by atoms with Gasteiger partial charge in [0, 0.05) is 65.5 Å². The highest BCUT2D eigenvalue weighted by Crippen LogP contribution is 2.38. The van der Waals surface area contributed by atoms with Crippen LogP contribution < -0.4 is 0 Å². The molecule has 1 saturated heterocycles. The summed E-state index contributed by atoms with van der Waals surface area (Å²) in [4.78, 5) is 34.4. The van der Waals surface area contributed by atoms with E-state index in [1.165, 1.54) is 7.11 Å². The SMILES string of the molecule is COC(=O)CC[C@@H]1N=C(c2ccccc2Cl)c2cc(Cl)ccc2-n2c(SC(=O)N3CCN(C)CC3)nnc21. The Hall–Kier alpha value is -2.92. The third-order valence-electron chi connectivity index (χ3n) is 6.61. The van der Waals surface area contributed by atoms with Crippen LogP contribution in [0.3, 0.4) is 0 Å². The molecular formula is C26H26Cl2N6O3S. The van der Waals surface area contributed by atoms with Crippen molar-refractivity contribution in [1.82, 2.24) is 24.6 Å². The lowest BCUT2D eigenvalue weighted by molar-refractivity contribution is -0.140. The Morgan fingerprint density at radius 3 is 2.55 bits per heavy atom. The number of methoxy groups -OCH3 is 1. The van der Waals surface area contributed by atoms with Crippen molar-refractivity contribution >= 4 is 51.9 Å². The molecule has 0 spiro atoms. The highest BCUT2D eigenvalue weighted by molar-refractivity contribution is 8.13. The lowest BCUT2D eigenvalue weighted by atomic mass is 10.00. The molecule has 5 rings (SSSR count). The molecule has 0 saturated carbocycles. The van der Waals surface area contributed by atoms with Crippen molar-refractivity contribution in [3.8, 4) is 5.69 Å². The number of nitrogens with zero attached hydrogens (tertiary/aromatic N) is 6. The van der Waals surface area contributed by atoms with Crippen LogP contribution in [0.4, 0.5) is 4.79 Å². The van der Waals surface area contributed by atoms with Crippen LogP contribution in [0.1, 0.15) is 35.8 Å². The zero-order chi connectivity index (χ0) is 26.8. The van der Waals surface area contributed by atoms with E-state index in [2.05, 4.69) is 15.1 Å². The van der Waals surface area contributed by atoms with Crippen LogP contribution in [0.15, 0.2) is 52.6 Å². The number of aliphatic imine (C=N–C) groups is 1.